The van der Waals surface area contributed by atoms with Crippen LogP contribution in [0.2, 0.25) is 0 Å². The number of hydrogen-bond acceptors (Lipinski definition) is 5. The molecule has 0 N–H and O–H groups in total. The molecule has 0 saturated carbocycles. The SMILES string of the molecule is COc1ccc(S(=O)(=O)C2(C#N)CCOCC2)cc1. The van der Waals surface area contributed by atoms with Crippen LogP contribution in [0, 0.1) is 11.3 Å². The molecule has 0 unspecified atom stereocenters. The first-order valence-corrected chi connectivity index (χ1v) is 7.42. The predicted molar refractivity (Wildman–Crippen MR) is 68.6 cm³/mol. The Morgan fingerprint density at radius 3 is 2.32 bits per heavy atom. The average Bonchev–Trinajstić information content (AvgIpc) is 2.47. The van der Waals surface area contributed by atoms with Gasteiger partial charge in [0.2, 0.25) is 0 Å². The summed E-state index contributed by atoms with van der Waals surface area (Å²) in [5.41, 5.74) is 0. The van der Waals surface area contributed by atoms with E-state index in [9.17, 15) is 13.7 Å². The van der Waals surface area contributed by atoms with Crippen LogP contribution in [-0.4, -0.2) is 33.5 Å². The number of sulfone groups is 1. The number of nitriles is 1. The molecule has 1 fully saturated rings. The highest BCUT2D eigenvalue weighted by atomic mass is 32.2. The zero-order valence-corrected chi connectivity index (χ0v) is 11.4. The molecule has 0 atom stereocenters. The summed E-state index contributed by atoms with van der Waals surface area (Å²) in [6, 6.07) is 8.10. The van der Waals surface area contributed by atoms with Gasteiger partial charge < -0.3 is 9.47 Å². The maximum atomic E-state index is 12.6. The second-order valence-electron chi connectivity index (χ2n) is 4.40. The molecule has 5 nitrogen and oxygen atoms in total. The maximum absolute atomic E-state index is 12.6. The second kappa shape index (κ2) is 5.19. The molecule has 0 spiro atoms. The Labute approximate surface area is 112 Å². The lowest BCUT2D eigenvalue weighted by molar-refractivity contribution is 0.0863. The Bertz CT molecular complexity index is 580. The summed E-state index contributed by atoms with van der Waals surface area (Å²) in [5.74, 6) is 0.580. The van der Waals surface area contributed by atoms with Gasteiger partial charge in [0, 0.05) is 26.1 Å². The van der Waals surface area contributed by atoms with Crippen molar-refractivity contribution in [3.63, 3.8) is 0 Å². The maximum Gasteiger partial charge on any atom is 0.197 e. The van der Waals surface area contributed by atoms with Crippen molar-refractivity contribution in [1.29, 1.82) is 5.26 Å². The molecule has 1 aromatic carbocycles. The smallest absolute Gasteiger partial charge is 0.197 e. The fourth-order valence-corrected chi connectivity index (χ4v) is 3.89. The monoisotopic (exact) mass is 281 g/mol. The molecule has 1 aliphatic rings. The standard InChI is InChI=1S/C13H15NO4S/c1-17-11-2-4-12(5-3-11)19(15,16)13(10-14)6-8-18-9-7-13/h2-5H,6-9H2,1H3. The van der Waals surface area contributed by atoms with Gasteiger partial charge in [-0.2, -0.15) is 5.26 Å². The molecule has 6 heteroatoms. The number of methoxy groups -OCH3 is 1. The van der Waals surface area contributed by atoms with Crippen molar-refractivity contribution in [3.05, 3.63) is 24.3 Å². The Balaban J connectivity index is 2.42. The lowest BCUT2D eigenvalue weighted by Gasteiger charge is -2.30. The van der Waals surface area contributed by atoms with E-state index in [2.05, 4.69) is 0 Å². The van der Waals surface area contributed by atoms with E-state index in [-0.39, 0.29) is 17.7 Å². The minimum Gasteiger partial charge on any atom is -0.497 e. The van der Waals surface area contributed by atoms with E-state index in [0.717, 1.165) is 0 Å². The van der Waals surface area contributed by atoms with E-state index in [1.54, 1.807) is 12.1 Å². The van der Waals surface area contributed by atoms with Gasteiger partial charge in [-0.1, -0.05) is 0 Å². The van der Waals surface area contributed by atoms with Crippen molar-refractivity contribution < 1.29 is 17.9 Å². The molecule has 0 amide bonds. The van der Waals surface area contributed by atoms with Gasteiger partial charge in [-0.15, -0.1) is 0 Å². The Morgan fingerprint density at radius 1 is 1.26 bits per heavy atom. The molecule has 0 radical (unpaired) electrons. The number of rotatable bonds is 3. The summed E-state index contributed by atoms with van der Waals surface area (Å²) in [6.45, 7) is 0.589. The van der Waals surface area contributed by atoms with Gasteiger partial charge in [-0.05, 0) is 24.3 Å². The number of benzene rings is 1. The van der Waals surface area contributed by atoms with Crippen LogP contribution >= 0.6 is 0 Å². The van der Waals surface area contributed by atoms with Gasteiger partial charge in [0.05, 0.1) is 18.1 Å². The van der Waals surface area contributed by atoms with Crippen LogP contribution in [-0.2, 0) is 14.6 Å². The van der Waals surface area contributed by atoms with Crippen molar-refractivity contribution >= 4 is 9.84 Å². The van der Waals surface area contributed by atoms with Crippen molar-refractivity contribution in [1.82, 2.24) is 0 Å². The van der Waals surface area contributed by atoms with E-state index >= 15 is 0 Å². The van der Waals surface area contributed by atoms with Crippen molar-refractivity contribution in [2.75, 3.05) is 20.3 Å². The highest BCUT2D eigenvalue weighted by Gasteiger charge is 2.46. The van der Waals surface area contributed by atoms with Gasteiger partial charge in [0.25, 0.3) is 0 Å². The van der Waals surface area contributed by atoms with Crippen LogP contribution in [0.4, 0.5) is 0 Å². The fourth-order valence-electron chi connectivity index (χ4n) is 2.12. The summed E-state index contributed by atoms with van der Waals surface area (Å²) in [4.78, 5) is 0.150. The summed E-state index contributed by atoms with van der Waals surface area (Å²) < 4.78 is 34.0. The normalized spacial score (nSPS) is 18.5. The average molecular weight is 281 g/mol. The molecule has 1 saturated heterocycles. The minimum absolute atomic E-state index is 0.150. The topological polar surface area (TPSA) is 76.4 Å². The van der Waals surface area contributed by atoms with Crippen LogP contribution in [0.1, 0.15) is 12.8 Å². The van der Waals surface area contributed by atoms with Gasteiger partial charge in [-0.3, -0.25) is 0 Å². The molecule has 1 heterocycles. The minimum atomic E-state index is -3.70. The molecule has 2 rings (SSSR count). The van der Waals surface area contributed by atoms with Gasteiger partial charge in [0.1, 0.15) is 5.75 Å². The van der Waals surface area contributed by atoms with Crippen molar-refractivity contribution in [2.24, 2.45) is 0 Å². The Kier molecular flexibility index (Phi) is 3.78. The third-order valence-electron chi connectivity index (χ3n) is 3.39. The van der Waals surface area contributed by atoms with Gasteiger partial charge in [-0.25, -0.2) is 8.42 Å². The summed E-state index contributed by atoms with van der Waals surface area (Å²) in [7, 11) is -2.18. The summed E-state index contributed by atoms with van der Waals surface area (Å²) in [5, 5.41) is 9.33. The zero-order valence-electron chi connectivity index (χ0n) is 10.6. The molecule has 0 bridgehead atoms. The van der Waals surface area contributed by atoms with E-state index in [1.807, 2.05) is 6.07 Å². The number of ether oxygens (including phenoxy) is 2. The number of nitrogens with zero attached hydrogens (tertiary/aromatic N) is 1. The quantitative estimate of drug-likeness (QED) is 0.840. The number of hydrogen-bond donors (Lipinski definition) is 0. The van der Waals surface area contributed by atoms with Gasteiger partial charge >= 0.3 is 0 Å². The molecule has 0 aromatic heterocycles. The molecular weight excluding hydrogens is 266 g/mol. The van der Waals surface area contributed by atoms with E-state index in [4.69, 9.17) is 9.47 Å². The molecule has 1 aromatic rings. The Hall–Kier alpha value is -1.58. The first kappa shape index (κ1) is 13.8. The summed E-state index contributed by atoms with van der Waals surface area (Å²) >= 11 is 0. The fraction of sp³-hybridized carbons (Fsp3) is 0.462. The Morgan fingerprint density at radius 2 is 1.84 bits per heavy atom. The zero-order chi connectivity index (χ0) is 13.9. The predicted octanol–water partition coefficient (Wildman–Crippen LogP) is 1.54. The highest BCUT2D eigenvalue weighted by Crippen LogP contribution is 2.34. The molecule has 0 aliphatic carbocycles. The highest BCUT2D eigenvalue weighted by molar-refractivity contribution is 7.93. The van der Waals surface area contributed by atoms with E-state index in [1.165, 1.54) is 19.2 Å². The first-order valence-electron chi connectivity index (χ1n) is 5.93. The van der Waals surface area contributed by atoms with Crippen LogP contribution in [0.25, 0.3) is 0 Å². The van der Waals surface area contributed by atoms with Gasteiger partial charge in [0.15, 0.2) is 14.6 Å². The van der Waals surface area contributed by atoms with Crippen LogP contribution < -0.4 is 4.74 Å². The van der Waals surface area contributed by atoms with Crippen LogP contribution in [0.3, 0.4) is 0 Å². The third-order valence-corrected chi connectivity index (χ3v) is 5.81. The van der Waals surface area contributed by atoms with Crippen LogP contribution in [0.5, 0.6) is 5.75 Å². The van der Waals surface area contributed by atoms with E-state index in [0.29, 0.717) is 19.0 Å². The lowest BCUT2D eigenvalue weighted by Crippen LogP contribution is -2.42. The summed E-state index contributed by atoms with van der Waals surface area (Å²) in [6.07, 6.45) is 0.412. The second-order valence-corrected chi connectivity index (χ2v) is 6.66. The van der Waals surface area contributed by atoms with Crippen molar-refractivity contribution in [2.45, 2.75) is 22.5 Å². The van der Waals surface area contributed by atoms with Crippen LogP contribution in [0.15, 0.2) is 29.2 Å². The molecular formula is C13H15NO4S. The first-order chi connectivity index (χ1) is 9.05. The van der Waals surface area contributed by atoms with E-state index < -0.39 is 14.6 Å². The van der Waals surface area contributed by atoms with Crippen molar-refractivity contribution in [3.8, 4) is 11.8 Å². The molecule has 1 aliphatic heterocycles. The lowest BCUT2D eigenvalue weighted by atomic mass is 10.0. The largest absolute Gasteiger partial charge is 0.497 e. The third kappa shape index (κ3) is 2.31. The molecule has 102 valence electrons. The molecule has 19 heavy (non-hydrogen) atoms.